The Bertz CT molecular complexity index is 298. The summed E-state index contributed by atoms with van der Waals surface area (Å²) in [5.74, 6) is 0. The lowest BCUT2D eigenvalue weighted by molar-refractivity contribution is -0.532. The van der Waals surface area contributed by atoms with Gasteiger partial charge in [0, 0.05) is 0 Å². The summed E-state index contributed by atoms with van der Waals surface area (Å²) in [5.41, 5.74) is 1.29. The molecule has 1 aliphatic carbocycles. The fourth-order valence-electron chi connectivity index (χ4n) is 2.09. The van der Waals surface area contributed by atoms with Crippen molar-refractivity contribution in [2.24, 2.45) is 0 Å². The Labute approximate surface area is 77.4 Å². The first-order valence-corrected chi connectivity index (χ1v) is 4.80. The smallest absolute Gasteiger partial charge is 0.150 e. The summed E-state index contributed by atoms with van der Waals surface area (Å²) in [7, 11) is 0. The molecule has 1 saturated heterocycles. The maximum Gasteiger partial charge on any atom is 0.150 e. The number of hydrogen-bond acceptors (Lipinski definition) is 2. The lowest BCUT2D eigenvalue weighted by Gasteiger charge is -2.52. The predicted molar refractivity (Wildman–Crippen MR) is 47.9 cm³/mol. The van der Waals surface area contributed by atoms with E-state index in [-0.39, 0.29) is 11.7 Å². The molecule has 2 nitrogen and oxygen atoms in total. The van der Waals surface area contributed by atoms with Crippen molar-refractivity contribution < 1.29 is 9.78 Å². The number of rotatable bonds is 1. The van der Waals surface area contributed by atoms with Crippen LogP contribution >= 0.6 is 0 Å². The molecule has 2 fully saturated rings. The quantitative estimate of drug-likeness (QED) is 0.612. The van der Waals surface area contributed by atoms with E-state index in [4.69, 9.17) is 9.78 Å². The summed E-state index contributed by atoms with van der Waals surface area (Å²) in [6, 6.07) is 10.3. The topological polar surface area (TPSA) is 18.5 Å². The maximum atomic E-state index is 5.22. The van der Waals surface area contributed by atoms with Crippen LogP contribution in [0.25, 0.3) is 0 Å². The standard InChI is InChI=1S/C11H12O2/c1-2-5-9(6-3-1)10-11(13-12-10)7-4-8-11/h1-3,5-6,10H,4,7-8H2. The highest BCUT2D eigenvalue weighted by molar-refractivity contribution is 5.23. The van der Waals surface area contributed by atoms with Gasteiger partial charge in [-0.3, -0.25) is 0 Å². The molecule has 1 spiro atoms. The van der Waals surface area contributed by atoms with Crippen LogP contribution in [0, 0.1) is 0 Å². The van der Waals surface area contributed by atoms with Gasteiger partial charge in [-0.15, -0.1) is 0 Å². The first kappa shape index (κ1) is 7.54. The number of hydrogen-bond donors (Lipinski definition) is 0. The zero-order valence-electron chi connectivity index (χ0n) is 7.40. The molecule has 1 unspecified atom stereocenters. The minimum absolute atomic E-state index is 0.0430. The van der Waals surface area contributed by atoms with Gasteiger partial charge >= 0.3 is 0 Å². The molecule has 68 valence electrons. The molecule has 0 amide bonds. The zero-order valence-corrected chi connectivity index (χ0v) is 7.40. The van der Waals surface area contributed by atoms with E-state index in [1.165, 1.54) is 12.0 Å². The molecule has 1 aliphatic heterocycles. The average molecular weight is 176 g/mol. The summed E-state index contributed by atoms with van der Waals surface area (Å²) in [6.07, 6.45) is 3.74. The SMILES string of the molecule is c1ccc(C2OOC23CCC3)cc1. The van der Waals surface area contributed by atoms with Crippen molar-refractivity contribution in [1.82, 2.24) is 0 Å². The third-order valence-electron chi connectivity index (χ3n) is 3.09. The highest BCUT2D eigenvalue weighted by Gasteiger charge is 2.56. The fraction of sp³-hybridized carbons (Fsp3) is 0.455. The van der Waals surface area contributed by atoms with E-state index in [0.717, 1.165) is 12.8 Å². The van der Waals surface area contributed by atoms with E-state index in [1.807, 2.05) is 18.2 Å². The predicted octanol–water partition coefficient (Wildman–Crippen LogP) is 2.61. The summed E-state index contributed by atoms with van der Waals surface area (Å²) < 4.78 is 0. The van der Waals surface area contributed by atoms with Crippen molar-refractivity contribution in [3.63, 3.8) is 0 Å². The first-order chi connectivity index (χ1) is 6.41. The molecule has 0 radical (unpaired) electrons. The zero-order chi connectivity index (χ0) is 8.73. The molecular weight excluding hydrogens is 164 g/mol. The molecule has 3 rings (SSSR count). The molecule has 0 bridgehead atoms. The van der Waals surface area contributed by atoms with Crippen molar-refractivity contribution in [3.8, 4) is 0 Å². The van der Waals surface area contributed by atoms with E-state index in [1.54, 1.807) is 0 Å². The summed E-state index contributed by atoms with van der Waals surface area (Å²) in [5, 5.41) is 0. The van der Waals surface area contributed by atoms with E-state index in [2.05, 4.69) is 12.1 Å². The minimum atomic E-state index is 0.0430. The summed E-state index contributed by atoms with van der Waals surface area (Å²) in [4.78, 5) is 10.4. The first-order valence-electron chi connectivity index (χ1n) is 4.80. The second-order valence-corrected chi connectivity index (χ2v) is 3.89. The van der Waals surface area contributed by atoms with Gasteiger partial charge in [0.15, 0.2) is 0 Å². The molecule has 1 saturated carbocycles. The van der Waals surface area contributed by atoms with Crippen LogP contribution in [0.3, 0.4) is 0 Å². The lowest BCUT2D eigenvalue weighted by Crippen LogP contribution is -2.55. The molecule has 1 aromatic carbocycles. The Balaban J connectivity index is 1.87. The molecule has 2 aliphatic rings. The summed E-state index contributed by atoms with van der Waals surface area (Å²) >= 11 is 0. The van der Waals surface area contributed by atoms with Crippen LogP contribution in [0.5, 0.6) is 0 Å². The van der Waals surface area contributed by atoms with Crippen molar-refractivity contribution in [2.45, 2.75) is 31.0 Å². The third kappa shape index (κ3) is 0.960. The van der Waals surface area contributed by atoms with Gasteiger partial charge in [0.1, 0.15) is 11.7 Å². The largest absolute Gasteiger partial charge is 0.226 e. The van der Waals surface area contributed by atoms with Crippen molar-refractivity contribution in [2.75, 3.05) is 0 Å². The van der Waals surface area contributed by atoms with Crippen molar-refractivity contribution in [1.29, 1.82) is 0 Å². The number of benzene rings is 1. The normalized spacial score (nSPS) is 29.4. The van der Waals surface area contributed by atoms with Gasteiger partial charge < -0.3 is 0 Å². The molecule has 1 heterocycles. The highest BCUT2D eigenvalue weighted by Crippen LogP contribution is 2.54. The van der Waals surface area contributed by atoms with E-state index in [9.17, 15) is 0 Å². The molecule has 0 N–H and O–H groups in total. The lowest BCUT2D eigenvalue weighted by atomic mass is 9.73. The van der Waals surface area contributed by atoms with Crippen molar-refractivity contribution in [3.05, 3.63) is 35.9 Å². The maximum absolute atomic E-state index is 5.22. The van der Waals surface area contributed by atoms with Gasteiger partial charge in [0.25, 0.3) is 0 Å². The molecular formula is C11H12O2. The third-order valence-corrected chi connectivity index (χ3v) is 3.09. The monoisotopic (exact) mass is 176 g/mol. The Morgan fingerprint density at radius 1 is 1.15 bits per heavy atom. The Morgan fingerprint density at radius 3 is 2.38 bits per heavy atom. The Hall–Kier alpha value is -0.860. The van der Waals surface area contributed by atoms with Crippen LogP contribution < -0.4 is 0 Å². The van der Waals surface area contributed by atoms with Crippen LogP contribution in [-0.4, -0.2) is 5.60 Å². The average Bonchev–Trinajstić information content (AvgIpc) is 2.01. The molecule has 1 atom stereocenters. The van der Waals surface area contributed by atoms with E-state index in [0.29, 0.717) is 0 Å². The van der Waals surface area contributed by atoms with Crippen LogP contribution in [0.4, 0.5) is 0 Å². The molecule has 0 aromatic heterocycles. The van der Waals surface area contributed by atoms with Crippen LogP contribution in [0.15, 0.2) is 30.3 Å². The fourth-order valence-corrected chi connectivity index (χ4v) is 2.09. The Morgan fingerprint density at radius 2 is 1.92 bits per heavy atom. The van der Waals surface area contributed by atoms with Gasteiger partial charge in [0.2, 0.25) is 0 Å². The summed E-state index contributed by atoms with van der Waals surface area (Å²) in [6.45, 7) is 0. The van der Waals surface area contributed by atoms with Gasteiger partial charge in [-0.1, -0.05) is 30.3 Å². The molecule has 2 heteroatoms. The second kappa shape index (κ2) is 2.56. The van der Waals surface area contributed by atoms with Gasteiger partial charge in [0.05, 0.1) is 0 Å². The van der Waals surface area contributed by atoms with Crippen LogP contribution in [-0.2, 0) is 9.78 Å². The van der Waals surface area contributed by atoms with Crippen molar-refractivity contribution >= 4 is 0 Å². The van der Waals surface area contributed by atoms with Gasteiger partial charge in [-0.05, 0) is 24.8 Å². The van der Waals surface area contributed by atoms with E-state index < -0.39 is 0 Å². The Kier molecular flexibility index (Phi) is 1.49. The van der Waals surface area contributed by atoms with E-state index >= 15 is 0 Å². The second-order valence-electron chi connectivity index (χ2n) is 3.89. The molecule has 1 aromatic rings. The highest BCUT2D eigenvalue weighted by atomic mass is 17.3. The van der Waals surface area contributed by atoms with Gasteiger partial charge in [-0.25, -0.2) is 9.78 Å². The van der Waals surface area contributed by atoms with Crippen LogP contribution in [0.1, 0.15) is 30.9 Å². The minimum Gasteiger partial charge on any atom is -0.226 e. The molecule has 13 heavy (non-hydrogen) atoms. The van der Waals surface area contributed by atoms with Crippen LogP contribution in [0.2, 0.25) is 0 Å². The van der Waals surface area contributed by atoms with Gasteiger partial charge in [-0.2, -0.15) is 0 Å².